The van der Waals surface area contributed by atoms with Gasteiger partial charge in [0.2, 0.25) is 0 Å². The van der Waals surface area contributed by atoms with Crippen LogP contribution in [0.1, 0.15) is 16.6 Å². The highest BCUT2D eigenvalue weighted by molar-refractivity contribution is 9.10. The number of nitrogens with one attached hydrogen (secondary N) is 1. The number of hydrogen-bond acceptors (Lipinski definition) is 3. The monoisotopic (exact) mass is 309 g/mol. The Labute approximate surface area is 104 Å². The summed E-state index contributed by atoms with van der Waals surface area (Å²) in [5.74, 6) is 0.365. The number of rotatable bonds is 4. The first kappa shape index (κ1) is 12.9. The molecule has 0 radical (unpaired) electrons. The molecule has 15 heavy (non-hydrogen) atoms. The first-order valence-corrected chi connectivity index (χ1v) is 7.74. The van der Waals surface area contributed by atoms with Gasteiger partial charge in [0.1, 0.15) is 4.88 Å². The Bertz CT molecular complexity index is 378. The van der Waals surface area contributed by atoms with Crippen LogP contribution in [0.3, 0.4) is 0 Å². The first-order chi connectivity index (χ1) is 7.00. The number of carbonyl (C=O) groups excluding carboxylic acids is 1. The molecule has 0 aliphatic heterocycles. The van der Waals surface area contributed by atoms with E-state index in [-0.39, 0.29) is 11.9 Å². The molecule has 0 aliphatic carbocycles. The van der Waals surface area contributed by atoms with Crippen molar-refractivity contribution in [2.24, 2.45) is 0 Å². The Morgan fingerprint density at radius 2 is 2.40 bits per heavy atom. The van der Waals surface area contributed by atoms with Crippen LogP contribution in [0.2, 0.25) is 0 Å². The minimum Gasteiger partial charge on any atom is -0.348 e. The molecule has 2 atom stereocenters. The SMILES string of the molecule is CC(CS(C)=O)NC(=O)c1sccc1Br. The maximum Gasteiger partial charge on any atom is 0.262 e. The molecule has 1 aromatic rings. The second-order valence-corrected chi connectivity index (χ2v) is 6.46. The van der Waals surface area contributed by atoms with Gasteiger partial charge >= 0.3 is 0 Å². The highest BCUT2D eigenvalue weighted by Gasteiger charge is 2.14. The lowest BCUT2D eigenvalue weighted by Crippen LogP contribution is -2.35. The van der Waals surface area contributed by atoms with E-state index in [1.54, 1.807) is 6.26 Å². The molecule has 2 unspecified atom stereocenters. The third-order valence-electron chi connectivity index (χ3n) is 1.69. The van der Waals surface area contributed by atoms with E-state index >= 15 is 0 Å². The van der Waals surface area contributed by atoms with E-state index < -0.39 is 10.8 Å². The fourth-order valence-corrected chi connectivity index (χ4v) is 3.38. The van der Waals surface area contributed by atoms with E-state index in [0.29, 0.717) is 10.6 Å². The summed E-state index contributed by atoms with van der Waals surface area (Å²) in [5, 5.41) is 4.65. The Hall–Kier alpha value is -0.200. The highest BCUT2D eigenvalue weighted by Crippen LogP contribution is 2.22. The van der Waals surface area contributed by atoms with Crippen molar-refractivity contribution >= 4 is 44.0 Å². The molecule has 1 rings (SSSR count). The maximum absolute atomic E-state index is 11.7. The van der Waals surface area contributed by atoms with Crippen LogP contribution < -0.4 is 5.32 Å². The molecule has 0 aliphatic rings. The van der Waals surface area contributed by atoms with Crippen molar-refractivity contribution in [3.63, 3.8) is 0 Å². The lowest BCUT2D eigenvalue weighted by atomic mass is 10.3. The Morgan fingerprint density at radius 1 is 1.73 bits per heavy atom. The van der Waals surface area contributed by atoms with E-state index in [4.69, 9.17) is 0 Å². The molecular weight excluding hydrogens is 298 g/mol. The van der Waals surface area contributed by atoms with Gasteiger partial charge in [0, 0.05) is 33.3 Å². The Morgan fingerprint density at radius 3 is 2.87 bits per heavy atom. The van der Waals surface area contributed by atoms with E-state index in [1.807, 2.05) is 18.4 Å². The zero-order valence-corrected chi connectivity index (χ0v) is 11.7. The normalized spacial score (nSPS) is 14.6. The molecule has 0 fully saturated rings. The van der Waals surface area contributed by atoms with Crippen LogP contribution in [0.25, 0.3) is 0 Å². The van der Waals surface area contributed by atoms with Crippen molar-refractivity contribution < 1.29 is 9.00 Å². The third-order valence-corrected chi connectivity index (χ3v) is 4.49. The molecular formula is C9H12BrNO2S2. The van der Waals surface area contributed by atoms with Gasteiger partial charge in [-0.3, -0.25) is 9.00 Å². The molecule has 3 nitrogen and oxygen atoms in total. The zero-order valence-electron chi connectivity index (χ0n) is 8.45. The number of halogens is 1. The van der Waals surface area contributed by atoms with Crippen LogP contribution in [-0.4, -0.2) is 28.2 Å². The molecule has 0 saturated heterocycles. The number of amides is 1. The van der Waals surface area contributed by atoms with Gasteiger partial charge in [0.25, 0.3) is 5.91 Å². The summed E-state index contributed by atoms with van der Waals surface area (Å²) in [6, 6.07) is 1.76. The largest absolute Gasteiger partial charge is 0.348 e. The zero-order chi connectivity index (χ0) is 11.4. The summed E-state index contributed by atoms with van der Waals surface area (Å²) in [4.78, 5) is 12.3. The van der Waals surface area contributed by atoms with Gasteiger partial charge in [-0.1, -0.05) is 0 Å². The lowest BCUT2D eigenvalue weighted by molar-refractivity contribution is 0.0947. The van der Waals surface area contributed by atoms with Gasteiger partial charge in [0.05, 0.1) is 0 Å². The molecule has 1 N–H and O–H groups in total. The molecule has 6 heteroatoms. The molecule has 0 bridgehead atoms. The average molecular weight is 310 g/mol. The predicted octanol–water partition coefficient (Wildman–Crippen LogP) is 2.01. The van der Waals surface area contributed by atoms with E-state index in [0.717, 1.165) is 4.47 Å². The maximum atomic E-state index is 11.7. The second kappa shape index (κ2) is 5.77. The predicted molar refractivity (Wildman–Crippen MR) is 67.9 cm³/mol. The van der Waals surface area contributed by atoms with Crippen LogP contribution >= 0.6 is 27.3 Å². The van der Waals surface area contributed by atoms with E-state index in [1.165, 1.54) is 11.3 Å². The van der Waals surface area contributed by atoms with E-state index in [9.17, 15) is 9.00 Å². The van der Waals surface area contributed by atoms with Crippen molar-refractivity contribution in [2.45, 2.75) is 13.0 Å². The lowest BCUT2D eigenvalue weighted by Gasteiger charge is -2.11. The van der Waals surface area contributed by atoms with Crippen molar-refractivity contribution in [1.29, 1.82) is 0 Å². The first-order valence-electron chi connectivity index (χ1n) is 4.34. The quantitative estimate of drug-likeness (QED) is 0.925. The molecule has 84 valence electrons. The van der Waals surface area contributed by atoms with Gasteiger partial charge < -0.3 is 5.32 Å². The molecule has 1 aromatic heterocycles. The van der Waals surface area contributed by atoms with Crippen LogP contribution in [0, 0.1) is 0 Å². The molecule has 0 spiro atoms. The summed E-state index contributed by atoms with van der Waals surface area (Å²) < 4.78 is 11.7. The fraction of sp³-hybridized carbons (Fsp3) is 0.444. The third kappa shape index (κ3) is 4.04. The summed E-state index contributed by atoms with van der Waals surface area (Å²) in [5.41, 5.74) is 0. The summed E-state index contributed by atoms with van der Waals surface area (Å²) in [6.07, 6.45) is 1.63. The Kier molecular flexibility index (Phi) is 4.95. The average Bonchev–Trinajstić information content (AvgIpc) is 2.49. The van der Waals surface area contributed by atoms with Crippen molar-refractivity contribution in [2.75, 3.05) is 12.0 Å². The molecule has 1 heterocycles. The standard InChI is InChI=1S/C9H12BrNO2S2/c1-6(5-15(2)13)11-9(12)8-7(10)3-4-14-8/h3-4,6H,5H2,1-2H3,(H,11,12). The number of thiophene rings is 1. The topological polar surface area (TPSA) is 46.2 Å². The van der Waals surface area contributed by atoms with Crippen LogP contribution in [0.4, 0.5) is 0 Å². The minimum atomic E-state index is -0.887. The van der Waals surface area contributed by atoms with Gasteiger partial charge in [0.15, 0.2) is 0 Å². The van der Waals surface area contributed by atoms with E-state index in [2.05, 4.69) is 21.2 Å². The second-order valence-electron chi connectivity index (χ2n) is 3.21. The van der Waals surface area contributed by atoms with Crippen LogP contribution in [0.5, 0.6) is 0 Å². The minimum absolute atomic E-state index is 0.0719. The molecule has 0 aromatic carbocycles. The van der Waals surface area contributed by atoms with Gasteiger partial charge in [-0.15, -0.1) is 11.3 Å². The van der Waals surface area contributed by atoms with Gasteiger partial charge in [-0.25, -0.2) is 0 Å². The van der Waals surface area contributed by atoms with Crippen molar-refractivity contribution in [3.05, 3.63) is 20.8 Å². The molecule has 1 amide bonds. The van der Waals surface area contributed by atoms with Crippen LogP contribution in [0.15, 0.2) is 15.9 Å². The van der Waals surface area contributed by atoms with Crippen LogP contribution in [-0.2, 0) is 10.8 Å². The fourth-order valence-electron chi connectivity index (χ4n) is 1.14. The molecule has 0 saturated carbocycles. The number of carbonyl (C=O) groups is 1. The smallest absolute Gasteiger partial charge is 0.262 e. The van der Waals surface area contributed by atoms with Crippen molar-refractivity contribution in [3.8, 4) is 0 Å². The summed E-state index contributed by atoms with van der Waals surface area (Å²) in [7, 11) is -0.887. The van der Waals surface area contributed by atoms with Gasteiger partial charge in [-0.2, -0.15) is 0 Å². The summed E-state index contributed by atoms with van der Waals surface area (Å²) >= 11 is 4.68. The summed E-state index contributed by atoms with van der Waals surface area (Å²) in [6.45, 7) is 1.85. The number of hydrogen-bond donors (Lipinski definition) is 1. The highest BCUT2D eigenvalue weighted by atomic mass is 79.9. The van der Waals surface area contributed by atoms with Crippen molar-refractivity contribution in [1.82, 2.24) is 5.32 Å². The Balaban J connectivity index is 2.56. The van der Waals surface area contributed by atoms with Gasteiger partial charge in [-0.05, 0) is 34.3 Å².